The van der Waals surface area contributed by atoms with Gasteiger partial charge in [0.2, 0.25) is 0 Å². The molecule has 0 spiro atoms. The second-order valence-corrected chi connectivity index (χ2v) is 5.20. The third-order valence-corrected chi connectivity index (χ3v) is 3.65. The third-order valence-electron chi connectivity index (χ3n) is 3.07. The first-order valence-electron chi connectivity index (χ1n) is 6.11. The summed E-state index contributed by atoms with van der Waals surface area (Å²) in [4.78, 5) is 0. The SMILES string of the molecule is CCCCC(CC)Cc1ccc(Cl)cc1Cl. The fraction of sp³-hybridized carbons (Fsp3) is 0.571. The monoisotopic (exact) mass is 258 g/mol. The normalized spacial score (nSPS) is 12.8. The molecule has 1 atom stereocenters. The molecule has 0 aliphatic carbocycles. The van der Waals surface area contributed by atoms with E-state index in [-0.39, 0.29) is 0 Å². The number of hydrogen-bond acceptors (Lipinski definition) is 0. The Morgan fingerprint density at radius 3 is 2.50 bits per heavy atom. The molecule has 0 aliphatic heterocycles. The molecule has 0 nitrogen and oxygen atoms in total. The van der Waals surface area contributed by atoms with Crippen molar-refractivity contribution in [1.82, 2.24) is 0 Å². The number of unbranched alkanes of at least 4 members (excludes halogenated alkanes) is 1. The molecule has 1 aromatic carbocycles. The molecular formula is C14H20Cl2. The van der Waals surface area contributed by atoms with Gasteiger partial charge < -0.3 is 0 Å². The number of halogens is 2. The molecule has 0 fully saturated rings. The summed E-state index contributed by atoms with van der Waals surface area (Å²) in [5, 5.41) is 1.53. The van der Waals surface area contributed by atoms with Crippen molar-refractivity contribution in [3.05, 3.63) is 33.8 Å². The smallest absolute Gasteiger partial charge is 0.0452 e. The van der Waals surface area contributed by atoms with Crippen LogP contribution in [0.15, 0.2) is 18.2 Å². The van der Waals surface area contributed by atoms with Crippen molar-refractivity contribution in [3.63, 3.8) is 0 Å². The summed E-state index contributed by atoms with van der Waals surface area (Å²) in [7, 11) is 0. The molecule has 2 heteroatoms. The lowest BCUT2D eigenvalue weighted by molar-refractivity contribution is 0.449. The number of rotatable bonds is 6. The molecule has 1 rings (SSSR count). The van der Waals surface area contributed by atoms with Gasteiger partial charge in [0, 0.05) is 10.0 Å². The van der Waals surface area contributed by atoms with Crippen molar-refractivity contribution in [1.29, 1.82) is 0 Å². The molecule has 0 amide bonds. The molecule has 90 valence electrons. The Morgan fingerprint density at radius 2 is 1.94 bits per heavy atom. The van der Waals surface area contributed by atoms with E-state index < -0.39 is 0 Å². The molecule has 0 N–H and O–H groups in total. The van der Waals surface area contributed by atoms with Crippen molar-refractivity contribution in [3.8, 4) is 0 Å². The highest BCUT2D eigenvalue weighted by atomic mass is 35.5. The van der Waals surface area contributed by atoms with Crippen LogP contribution in [0, 0.1) is 5.92 Å². The quantitative estimate of drug-likeness (QED) is 0.610. The summed E-state index contributed by atoms with van der Waals surface area (Å²) in [6, 6.07) is 5.82. The van der Waals surface area contributed by atoms with Gasteiger partial charge in [-0.2, -0.15) is 0 Å². The van der Waals surface area contributed by atoms with Gasteiger partial charge in [-0.25, -0.2) is 0 Å². The average Bonchev–Trinajstić information content (AvgIpc) is 2.27. The Labute approximate surface area is 109 Å². The minimum atomic E-state index is 0.718. The van der Waals surface area contributed by atoms with Crippen LogP contribution in [0.3, 0.4) is 0 Å². The van der Waals surface area contributed by atoms with Gasteiger partial charge >= 0.3 is 0 Å². The van der Waals surface area contributed by atoms with Crippen LogP contribution in [-0.2, 0) is 6.42 Å². The summed E-state index contributed by atoms with van der Waals surface area (Å²) < 4.78 is 0. The van der Waals surface area contributed by atoms with Crippen molar-refractivity contribution in [2.24, 2.45) is 5.92 Å². The predicted octanol–water partition coefficient (Wildman–Crippen LogP) is 5.75. The van der Waals surface area contributed by atoms with Crippen molar-refractivity contribution < 1.29 is 0 Å². The molecular weight excluding hydrogens is 239 g/mol. The van der Waals surface area contributed by atoms with Crippen LogP contribution in [0.5, 0.6) is 0 Å². The summed E-state index contributed by atoms with van der Waals surface area (Å²) >= 11 is 12.1. The van der Waals surface area contributed by atoms with E-state index in [4.69, 9.17) is 23.2 Å². The Kier molecular flexibility index (Phi) is 6.23. The summed E-state index contributed by atoms with van der Waals surface area (Å²) in [5.41, 5.74) is 1.23. The van der Waals surface area contributed by atoms with Crippen LogP contribution in [0.25, 0.3) is 0 Å². The maximum absolute atomic E-state index is 6.18. The van der Waals surface area contributed by atoms with Gasteiger partial charge in [0.05, 0.1) is 0 Å². The Bertz CT molecular complexity index is 321. The first-order chi connectivity index (χ1) is 7.67. The molecule has 0 saturated carbocycles. The van der Waals surface area contributed by atoms with E-state index in [9.17, 15) is 0 Å². The van der Waals surface area contributed by atoms with E-state index in [1.54, 1.807) is 0 Å². The van der Waals surface area contributed by atoms with E-state index in [0.29, 0.717) is 0 Å². The predicted molar refractivity (Wildman–Crippen MR) is 73.5 cm³/mol. The van der Waals surface area contributed by atoms with Crippen LogP contribution in [0.2, 0.25) is 10.0 Å². The highest BCUT2D eigenvalue weighted by Crippen LogP contribution is 2.26. The highest BCUT2D eigenvalue weighted by Gasteiger charge is 2.09. The van der Waals surface area contributed by atoms with Gasteiger partial charge in [0.15, 0.2) is 0 Å². The topological polar surface area (TPSA) is 0 Å². The zero-order valence-electron chi connectivity index (χ0n) is 10.1. The first kappa shape index (κ1) is 13.9. The highest BCUT2D eigenvalue weighted by molar-refractivity contribution is 6.35. The van der Waals surface area contributed by atoms with Gasteiger partial charge in [-0.15, -0.1) is 0 Å². The van der Waals surface area contributed by atoms with E-state index in [0.717, 1.165) is 22.4 Å². The van der Waals surface area contributed by atoms with E-state index in [1.165, 1.54) is 31.2 Å². The van der Waals surface area contributed by atoms with E-state index >= 15 is 0 Å². The first-order valence-corrected chi connectivity index (χ1v) is 6.86. The van der Waals surface area contributed by atoms with E-state index in [2.05, 4.69) is 19.9 Å². The van der Waals surface area contributed by atoms with Crippen LogP contribution < -0.4 is 0 Å². The van der Waals surface area contributed by atoms with Gasteiger partial charge in [-0.05, 0) is 30.0 Å². The Morgan fingerprint density at radius 1 is 1.19 bits per heavy atom. The fourth-order valence-electron chi connectivity index (χ4n) is 1.94. The molecule has 1 aromatic rings. The van der Waals surface area contributed by atoms with E-state index in [1.807, 2.05) is 12.1 Å². The van der Waals surface area contributed by atoms with Crippen molar-refractivity contribution in [2.75, 3.05) is 0 Å². The third kappa shape index (κ3) is 4.35. The van der Waals surface area contributed by atoms with Crippen LogP contribution in [0.4, 0.5) is 0 Å². The molecule has 0 aromatic heterocycles. The fourth-order valence-corrected chi connectivity index (χ4v) is 2.43. The van der Waals surface area contributed by atoms with Gasteiger partial charge in [-0.3, -0.25) is 0 Å². The summed E-state index contributed by atoms with van der Waals surface area (Å²) in [6.07, 6.45) is 6.17. The average molecular weight is 259 g/mol. The van der Waals surface area contributed by atoms with Crippen LogP contribution in [-0.4, -0.2) is 0 Å². The lowest BCUT2D eigenvalue weighted by Crippen LogP contribution is -2.03. The molecule has 0 bridgehead atoms. The molecule has 0 heterocycles. The van der Waals surface area contributed by atoms with Crippen molar-refractivity contribution in [2.45, 2.75) is 46.0 Å². The number of benzene rings is 1. The zero-order valence-corrected chi connectivity index (χ0v) is 11.6. The minimum absolute atomic E-state index is 0.718. The molecule has 1 unspecified atom stereocenters. The molecule has 0 radical (unpaired) electrons. The largest absolute Gasteiger partial charge is 0.0843 e. The maximum Gasteiger partial charge on any atom is 0.0452 e. The second-order valence-electron chi connectivity index (χ2n) is 4.36. The van der Waals surface area contributed by atoms with Crippen molar-refractivity contribution >= 4 is 23.2 Å². The Balaban J connectivity index is 2.62. The van der Waals surface area contributed by atoms with Gasteiger partial charge in [0.1, 0.15) is 0 Å². The van der Waals surface area contributed by atoms with Gasteiger partial charge in [-0.1, -0.05) is 68.8 Å². The Hall–Kier alpha value is -0.200. The molecule has 0 aliphatic rings. The molecule has 0 saturated heterocycles. The second kappa shape index (κ2) is 7.19. The summed E-state index contributed by atoms with van der Waals surface area (Å²) in [5.74, 6) is 0.749. The number of hydrogen-bond donors (Lipinski definition) is 0. The summed E-state index contributed by atoms with van der Waals surface area (Å²) in [6.45, 7) is 4.49. The van der Waals surface area contributed by atoms with Crippen LogP contribution >= 0.6 is 23.2 Å². The lowest BCUT2D eigenvalue weighted by Gasteiger charge is -2.15. The lowest BCUT2D eigenvalue weighted by atomic mass is 9.92. The minimum Gasteiger partial charge on any atom is -0.0843 e. The maximum atomic E-state index is 6.18. The van der Waals surface area contributed by atoms with Gasteiger partial charge in [0.25, 0.3) is 0 Å². The van der Waals surface area contributed by atoms with Crippen LogP contribution in [0.1, 0.15) is 45.1 Å². The zero-order chi connectivity index (χ0) is 12.0. The standard InChI is InChI=1S/C14H20Cl2/c1-3-5-6-11(4-2)9-12-7-8-13(15)10-14(12)16/h7-8,10-11H,3-6,9H2,1-2H3. The molecule has 16 heavy (non-hydrogen) atoms.